The summed E-state index contributed by atoms with van der Waals surface area (Å²) in [5.74, 6) is 0. The highest BCUT2D eigenvalue weighted by Gasteiger charge is 2.21. The number of furan rings is 1. The molecule has 0 atom stereocenters. The number of hydrogen-bond acceptors (Lipinski definition) is 1. The van der Waals surface area contributed by atoms with Gasteiger partial charge in [-0.05, 0) is 22.5 Å². The molecule has 2 rings (SSSR count). The van der Waals surface area contributed by atoms with E-state index >= 15 is 0 Å². The van der Waals surface area contributed by atoms with Crippen LogP contribution in [0, 0.1) is 0 Å². The Hall–Kier alpha value is -1.24. The summed E-state index contributed by atoms with van der Waals surface area (Å²) in [5, 5.41) is 1.24. The quantitative estimate of drug-likeness (QED) is 0.618. The molecule has 0 fully saturated rings. The first-order valence-electron chi connectivity index (χ1n) is 6.22. The van der Waals surface area contributed by atoms with Gasteiger partial charge in [-0.3, -0.25) is 0 Å². The minimum absolute atomic E-state index is 0.133. The first kappa shape index (κ1) is 12.2. The van der Waals surface area contributed by atoms with Crippen molar-refractivity contribution in [3.8, 4) is 0 Å². The lowest BCUT2D eigenvalue weighted by Gasteiger charge is -2.19. The molecule has 0 spiro atoms. The average Bonchev–Trinajstić information content (AvgIpc) is 2.57. The molecule has 0 amide bonds. The molecule has 0 aliphatic heterocycles. The largest absolute Gasteiger partial charge is 0.464 e. The second-order valence-electron chi connectivity index (χ2n) is 6.86. The molecule has 92 valence electrons. The van der Waals surface area contributed by atoms with Crippen molar-refractivity contribution in [2.45, 2.75) is 52.4 Å². The molecule has 1 heterocycles. The van der Waals surface area contributed by atoms with Crippen molar-refractivity contribution in [3.05, 3.63) is 35.6 Å². The van der Waals surface area contributed by atoms with Crippen molar-refractivity contribution in [1.29, 1.82) is 0 Å². The number of fused-ring (bicyclic) bond motifs is 1. The summed E-state index contributed by atoms with van der Waals surface area (Å²) < 4.78 is 5.71. The third-order valence-electron chi connectivity index (χ3n) is 3.25. The molecule has 1 aromatic carbocycles. The Bertz CT molecular complexity index is 533. The molecule has 17 heavy (non-hydrogen) atoms. The SMILES string of the molecule is CC(C)(C)c1ccc2c(C(C)(C)C)coc2c1. The van der Waals surface area contributed by atoms with Crippen molar-refractivity contribution in [1.82, 2.24) is 0 Å². The Kier molecular flexibility index (Phi) is 2.61. The predicted octanol–water partition coefficient (Wildman–Crippen LogP) is 5.03. The Morgan fingerprint density at radius 2 is 1.53 bits per heavy atom. The van der Waals surface area contributed by atoms with E-state index in [1.807, 2.05) is 6.26 Å². The molecule has 0 unspecified atom stereocenters. The van der Waals surface area contributed by atoms with Gasteiger partial charge in [0.1, 0.15) is 5.58 Å². The fraction of sp³-hybridized carbons (Fsp3) is 0.500. The zero-order valence-corrected chi connectivity index (χ0v) is 11.7. The molecule has 0 radical (unpaired) electrons. The molecule has 0 saturated heterocycles. The molecular weight excluding hydrogens is 208 g/mol. The first-order valence-corrected chi connectivity index (χ1v) is 6.22. The van der Waals surface area contributed by atoms with Crippen LogP contribution in [0.3, 0.4) is 0 Å². The molecule has 2 aromatic rings. The van der Waals surface area contributed by atoms with Gasteiger partial charge in [0.2, 0.25) is 0 Å². The van der Waals surface area contributed by atoms with Crippen LogP contribution in [0.2, 0.25) is 0 Å². The molecule has 0 aliphatic carbocycles. The summed E-state index contributed by atoms with van der Waals surface area (Å²) in [5.41, 5.74) is 3.91. The highest BCUT2D eigenvalue weighted by molar-refractivity contribution is 5.83. The smallest absolute Gasteiger partial charge is 0.134 e. The third kappa shape index (κ3) is 2.24. The summed E-state index contributed by atoms with van der Waals surface area (Å²) in [6.07, 6.45) is 1.90. The molecule has 1 aromatic heterocycles. The van der Waals surface area contributed by atoms with Crippen molar-refractivity contribution in [2.75, 3.05) is 0 Å². The molecule has 0 saturated carbocycles. The van der Waals surface area contributed by atoms with Gasteiger partial charge >= 0.3 is 0 Å². The van der Waals surface area contributed by atoms with Gasteiger partial charge in [0.15, 0.2) is 0 Å². The molecule has 0 bridgehead atoms. The van der Waals surface area contributed by atoms with Crippen LogP contribution in [0.25, 0.3) is 11.0 Å². The van der Waals surface area contributed by atoms with Gasteiger partial charge < -0.3 is 4.42 Å². The second kappa shape index (κ2) is 3.63. The molecule has 1 heteroatoms. The van der Waals surface area contributed by atoms with Crippen LogP contribution in [0.5, 0.6) is 0 Å². The minimum atomic E-state index is 0.133. The molecular formula is C16H22O. The minimum Gasteiger partial charge on any atom is -0.464 e. The lowest BCUT2D eigenvalue weighted by atomic mass is 9.84. The Morgan fingerprint density at radius 1 is 0.882 bits per heavy atom. The van der Waals surface area contributed by atoms with Gasteiger partial charge in [-0.2, -0.15) is 0 Å². The third-order valence-corrected chi connectivity index (χ3v) is 3.25. The lowest BCUT2D eigenvalue weighted by Crippen LogP contribution is -2.11. The van der Waals surface area contributed by atoms with Crippen LogP contribution >= 0.6 is 0 Å². The number of benzene rings is 1. The van der Waals surface area contributed by atoms with E-state index in [0.717, 1.165) is 5.58 Å². The van der Waals surface area contributed by atoms with E-state index in [1.54, 1.807) is 0 Å². The van der Waals surface area contributed by atoms with Crippen LogP contribution in [0.15, 0.2) is 28.9 Å². The van der Waals surface area contributed by atoms with Gasteiger partial charge in [-0.15, -0.1) is 0 Å². The molecule has 1 nitrogen and oxygen atoms in total. The van der Waals surface area contributed by atoms with Crippen molar-refractivity contribution in [3.63, 3.8) is 0 Å². The predicted molar refractivity (Wildman–Crippen MR) is 73.6 cm³/mol. The fourth-order valence-electron chi connectivity index (χ4n) is 2.08. The van der Waals surface area contributed by atoms with E-state index in [2.05, 4.69) is 59.7 Å². The summed E-state index contributed by atoms with van der Waals surface area (Å²) in [7, 11) is 0. The van der Waals surface area contributed by atoms with Gasteiger partial charge in [-0.1, -0.05) is 53.7 Å². The Morgan fingerprint density at radius 3 is 2.06 bits per heavy atom. The summed E-state index contributed by atoms with van der Waals surface area (Å²) in [4.78, 5) is 0. The van der Waals surface area contributed by atoms with Crippen molar-refractivity contribution in [2.24, 2.45) is 0 Å². The molecule has 0 aliphatic rings. The average molecular weight is 230 g/mol. The maximum Gasteiger partial charge on any atom is 0.134 e. The normalized spacial score (nSPS) is 13.3. The Balaban J connectivity index is 2.61. The standard InChI is InChI=1S/C16H22O/c1-15(2,3)11-7-8-12-13(16(4,5)6)10-17-14(12)9-11/h7-10H,1-6H3. The van der Waals surface area contributed by atoms with E-state index in [4.69, 9.17) is 4.42 Å². The maximum atomic E-state index is 5.71. The van der Waals surface area contributed by atoms with Crippen LogP contribution in [0.1, 0.15) is 52.7 Å². The fourth-order valence-corrected chi connectivity index (χ4v) is 2.08. The highest BCUT2D eigenvalue weighted by Crippen LogP contribution is 2.34. The Labute approximate surface area is 104 Å². The summed E-state index contributed by atoms with van der Waals surface area (Å²) in [6.45, 7) is 13.3. The van der Waals surface area contributed by atoms with E-state index < -0.39 is 0 Å². The topological polar surface area (TPSA) is 13.1 Å². The van der Waals surface area contributed by atoms with Crippen LogP contribution in [-0.4, -0.2) is 0 Å². The monoisotopic (exact) mass is 230 g/mol. The van der Waals surface area contributed by atoms with Gasteiger partial charge in [0.25, 0.3) is 0 Å². The zero-order valence-electron chi connectivity index (χ0n) is 11.7. The van der Waals surface area contributed by atoms with Crippen LogP contribution in [-0.2, 0) is 10.8 Å². The lowest BCUT2D eigenvalue weighted by molar-refractivity contribution is 0.555. The van der Waals surface area contributed by atoms with E-state index in [0.29, 0.717) is 0 Å². The van der Waals surface area contributed by atoms with E-state index in [-0.39, 0.29) is 10.8 Å². The van der Waals surface area contributed by atoms with Gasteiger partial charge in [0.05, 0.1) is 6.26 Å². The van der Waals surface area contributed by atoms with E-state index in [1.165, 1.54) is 16.5 Å². The van der Waals surface area contributed by atoms with Gasteiger partial charge in [0, 0.05) is 10.9 Å². The zero-order chi connectivity index (χ0) is 12.8. The van der Waals surface area contributed by atoms with Crippen molar-refractivity contribution >= 4 is 11.0 Å². The first-order chi connectivity index (χ1) is 7.69. The van der Waals surface area contributed by atoms with E-state index in [9.17, 15) is 0 Å². The van der Waals surface area contributed by atoms with Crippen molar-refractivity contribution < 1.29 is 4.42 Å². The summed E-state index contributed by atoms with van der Waals surface area (Å²) in [6, 6.07) is 6.58. The second-order valence-corrected chi connectivity index (χ2v) is 6.86. The van der Waals surface area contributed by atoms with Crippen LogP contribution in [0.4, 0.5) is 0 Å². The summed E-state index contributed by atoms with van der Waals surface area (Å²) >= 11 is 0. The van der Waals surface area contributed by atoms with Crippen LogP contribution < -0.4 is 0 Å². The number of rotatable bonds is 0. The highest BCUT2D eigenvalue weighted by atomic mass is 16.3. The maximum absolute atomic E-state index is 5.71. The molecule has 0 N–H and O–H groups in total. The van der Waals surface area contributed by atoms with Gasteiger partial charge in [-0.25, -0.2) is 0 Å². The number of hydrogen-bond donors (Lipinski definition) is 0.